The van der Waals surface area contributed by atoms with Crippen molar-refractivity contribution in [1.82, 2.24) is 44.1 Å². The van der Waals surface area contributed by atoms with Crippen molar-refractivity contribution in [3.8, 4) is 0 Å². The predicted octanol–water partition coefficient (Wildman–Crippen LogP) is 0.602. The first-order valence-corrected chi connectivity index (χ1v) is 8.92. The third kappa shape index (κ3) is 4.21. The highest BCUT2D eigenvalue weighted by atomic mass is 16.6. The Bertz CT molecular complexity index is 1180. The van der Waals surface area contributed by atoms with Crippen molar-refractivity contribution in [2.45, 2.75) is 26.7 Å². The number of rotatable bonds is 8. The van der Waals surface area contributed by atoms with Gasteiger partial charge in [-0.2, -0.15) is 20.0 Å². The zero-order chi connectivity index (χ0) is 21.1. The predicted molar refractivity (Wildman–Crippen MR) is 101 cm³/mol. The number of nitro groups is 1. The van der Waals surface area contributed by atoms with Gasteiger partial charge in [0.15, 0.2) is 12.4 Å². The van der Waals surface area contributed by atoms with Crippen LogP contribution in [0.5, 0.6) is 0 Å². The number of carbonyl (C=O) groups is 1. The lowest BCUT2D eigenvalue weighted by Gasteiger charge is -2.00. The molecule has 4 aromatic rings. The fourth-order valence-electron chi connectivity index (χ4n) is 2.70. The lowest BCUT2D eigenvalue weighted by molar-refractivity contribution is -0.394. The van der Waals surface area contributed by atoms with Gasteiger partial charge in [0.1, 0.15) is 0 Å². The molecule has 0 saturated carbocycles. The third-order valence-electron chi connectivity index (χ3n) is 4.10. The Morgan fingerprint density at radius 3 is 2.70 bits per heavy atom. The summed E-state index contributed by atoms with van der Waals surface area (Å²) in [7, 11) is 0. The van der Waals surface area contributed by atoms with Gasteiger partial charge >= 0.3 is 5.95 Å². The van der Waals surface area contributed by atoms with Crippen molar-refractivity contribution in [3.05, 3.63) is 64.7 Å². The number of anilines is 1. The quantitative estimate of drug-likeness (QED) is 0.326. The van der Waals surface area contributed by atoms with E-state index in [4.69, 9.17) is 0 Å². The Hall–Kier alpha value is -4.36. The molecule has 154 valence electrons. The van der Waals surface area contributed by atoms with Crippen LogP contribution in [-0.4, -0.2) is 54.9 Å². The summed E-state index contributed by atoms with van der Waals surface area (Å²) in [5.74, 6) is -0.907. The van der Waals surface area contributed by atoms with Crippen LogP contribution in [0.25, 0.3) is 0 Å². The van der Waals surface area contributed by atoms with Crippen LogP contribution in [0.2, 0.25) is 0 Å². The number of aryl methyl sites for hydroxylation is 1. The van der Waals surface area contributed by atoms with Gasteiger partial charge in [0.05, 0.1) is 24.6 Å². The molecule has 0 radical (unpaired) electrons. The molecule has 1 amide bonds. The van der Waals surface area contributed by atoms with Crippen LogP contribution in [0.3, 0.4) is 0 Å². The lowest BCUT2D eigenvalue weighted by atomic mass is 10.3. The van der Waals surface area contributed by atoms with Gasteiger partial charge in [-0.05, 0) is 17.9 Å². The number of nitrogens with one attached hydrogen (secondary N) is 1. The summed E-state index contributed by atoms with van der Waals surface area (Å²) in [5, 5.41) is 29.7. The van der Waals surface area contributed by atoms with E-state index in [-0.39, 0.29) is 12.4 Å². The van der Waals surface area contributed by atoms with E-state index >= 15 is 0 Å². The summed E-state index contributed by atoms with van der Waals surface area (Å²) >= 11 is 0. The number of hydrogen-bond donors (Lipinski definition) is 1. The van der Waals surface area contributed by atoms with Crippen molar-refractivity contribution >= 4 is 17.5 Å². The molecule has 0 aliphatic heterocycles. The first-order valence-electron chi connectivity index (χ1n) is 8.92. The summed E-state index contributed by atoms with van der Waals surface area (Å²) < 4.78 is 6.19. The molecule has 0 spiro atoms. The number of hydrogen-bond acceptors (Lipinski definition) is 8. The number of carbonyl (C=O) groups excluding carboxylic acids is 1. The Balaban J connectivity index is 1.36. The molecule has 14 nitrogen and oxygen atoms in total. The molecule has 0 atom stereocenters. The van der Waals surface area contributed by atoms with Gasteiger partial charge in [-0.1, -0.05) is 4.98 Å². The molecule has 14 heteroatoms. The molecule has 0 saturated heterocycles. The maximum atomic E-state index is 12.4. The second kappa shape index (κ2) is 7.94. The molecule has 0 aliphatic rings. The molecule has 1 N–H and O–H groups in total. The minimum Gasteiger partial charge on any atom is -0.390 e. The average molecular weight is 411 g/mol. The summed E-state index contributed by atoms with van der Waals surface area (Å²) in [5.41, 5.74) is 1.72. The summed E-state index contributed by atoms with van der Waals surface area (Å²) in [6, 6.07) is 1.53. The fraction of sp³-hybridized carbons (Fsp3) is 0.250. The zero-order valence-electron chi connectivity index (χ0n) is 15.9. The van der Waals surface area contributed by atoms with Crippen LogP contribution >= 0.6 is 0 Å². The standard InChI is InChI=1S/C16H17N11O3/c1-2-23-7-12(5-18-23)8-25-9-13(6-19-25)20-15(28)14-3-4-24(21-14)11-26-10-17-16(22-26)27(29)30/h3-7,9-10H,2,8,11H2,1H3,(H,20,28). The summed E-state index contributed by atoms with van der Waals surface area (Å²) in [6.45, 7) is 3.42. The fourth-order valence-corrected chi connectivity index (χ4v) is 2.70. The Kier molecular flexibility index (Phi) is 5.02. The maximum absolute atomic E-state index is 12.4. The van der Waals surface area contributed by atoms with Crippen molar-refractivity contribution in [1.29, 1.82) is 0 Å². The Morgan fingerprint density at radius 2 is 1.97 bits per heavy atom. The van der Waals surface area contributed by atoms with Crippen molar-refractivity contribution < 1.29 is 9.72 Å². The highest BCUT2D eigenvalue weighted by Gasteiger charge is 2.15. The van der Waals surface area contributed by atoms with Gasteiger partial charge in [-0.25, -0.2) is 4.68 Å². The minimum atomic E-state index is -0.686. The van der Waals surface area contributed by atoms with Crippen LogP contribution < -0.4 is 5.32 Å². The SMILES string of the molecule is CCn1cc(Cn2cc(NC(=O)c3ccn(Cn4cnc([N+](=O)[O-])n4)n3)cn2)cn1. The van der Waals surface area contributed by atoms with Crippen molar-refractivity contribution in [2.75, 3.05) is 5.32 Å². The second-order valence-electron chi connectivity index (χ2n) is 6.31. The van der Waals surface area contributed by atoms with Gasteiger partial charge in [0.25, 0.3) is 5.91 Å². The maximum Gasteiger partial charge on any atom is 0.491 e. The third-order valence-corrected chi connectivity index (χ3v) is 4.10. The highest BCUT2D eigenvalue weighted by Crippen LogP contribution is 2.10. The van der Waals surface area contributed by atoms with Crippen LogP contribution in [0, 0.1) is 10.1 Å². The number of aromatic nitrogens is 9. The van der Waals surface area contributed by atoms with Gasteiger partial charge < -0.3 is 15.4 Å². The zero-order valence-corrected chi connectivity index (χ0v) is 15.9. The largest absolute Gasteiger partial charge is 0.491 e. The first kappa shape index (κ1) is 19.0. The van der Waals surface area contributed by atoms with Crippen LogP contribution in [0.15, 0.2) is 43.4 Å². The molecular formula is C16H17N11O3. The average Bonchev–Trinajstić information content (AvgIpc) is 3.50. The van der Waals surface area contributed by atoms with E-state index in [0.29, 0.717) is 12.2 Å². The smallest absolute Gasteiger partial charge is 0.390 e. The van der Waals surface area contributed by atoms with Crippen molar-refractivity contribution in [2.24, 2.45) is 0 Å². The van der Waals surface area contributed by atoms with E-state index in [1.54, 1.807) is 29.5 Å². The van der Waals surface area contributed by atoms with Gasteiger partial charge in [0, 0.05) is 35.8 Å². The second-order valence-corrected chi connectivity index (χ2v) is 6.31. The van der Waals surface area contributed by atoms with Crippen LogP contribution in [-0.2, 0) is 19.8 Å². The van der Waals surface area contributed by atoms with E-state index in [1.165, 1.54) is 21.8 Å². The number of nitrogens with zero attached hydrogens (tertiary/aromatic N) is 10. The lowest BCUT2D eigenvalue weighted by Crippen LogP contribution is -2.14. The Morgan fingerprint density at radius 1 is 1.13 bits per heavy atom. The van der Waals surface area contributed by atoms with E-state index < -0.39 is 16.8 Å². The molecule has 4 aromatic heterocycles. The number of amides is 1. The van der Waals surface area contributed by atoms with E-state index in [1.807, 2.05) is 17.8 Å². The van der Waals surface area contributed by atoms with Gasteiger partial charge in [-0.15, -0.1) is 0 Å². The minimum absolute atomic E-state index is 0.0808. The molecule has 0 aliphatic carbocycles. The highest BCUT2D eigenvalue weighted by molar-refractivity contribution is 6.02. The molecule has 4 heterocycles. The van der Waals surface area contributed by atoms with Gasteiger partial charge in [-0.3, -0.25) is 14.2 Å². The molecule has 30 heavy (non-hydrogen) atoms. The molecular weight excluding hydrogens is 394 g/mol. The van der Waals surface area contributed by atoms with E-state index in [9.17, 15) is 14.9 Å². The van der Waals surface area contributed by atoms with Gasteiger partial charge in [0.2, 0.25) is 6.33 Å². The Labute approximate surface area is 168 Å². The molecule has 0 bridgehead atoms. The van der Waals surface area contributed by atoms with Crippen molar-refractivity contribution in [3.63, 3.8) is 0 Å². The van der Waals surface area contributed by atoms with E-state index in [0.717, 1.165) is 12.1 Å². The topological polar surface area (TPSA) is 156 Å². The van der Waals surface area contributed by atoms with E-state index in [2.05, 4.69) is 30.7 Å². The molecule has 0 aromatic carbocycles. The van der Waals surface area contributed by atoms with Crippen LogP contribution in [0.4, 0.5) is 11.6 Å². The molecule has 0 unspecified atom stereocenters. The molecule has 0 fully saturated rings. The van der Waals surface area contributed by atoms with Crippen LogP contribution in [0.1, 0.15) is 23.0 Å². The monoisotopic (exact) mass is 411 g/mol. The summed E-state index contributed by atoms with van der Waals surface area (Å²) in [4.78, 5) is 25.9. The summed E-state index contributed by atoms with van der Waals surface area (Å²) in [6.07, 6.45) is 9.77. The first-order chi connectivity index (χ1) is 14.5. The molecule has 4 rings (SSSR count). The normalized spacial score (nSPS) is 11.0.